The zero-order chi connectivity index (χ0) is 22.7. The van der Waals surface area contributed by atoms with Gasteiger partial charge in [0.1, 0.15) is 6.04 Å². The first-order valence-electron chi connectivity index (χ1n) is 11.3. The topological polar surface area (TPSA) is 126 Å². The monoisotopic (exact) mass is 462 g/mol. The van der Waals surface area contributed by atoms with Gasteiger partial charge in [-0.2, -0.15) is 0 Å². The summed E-state index contributed by atoms with van der Waals surface area (Å²) in [6, 6.07) is -0.857. The maximum atomic E-state index is 13.3. The largest absolute Gasteiger partial charge is 0.493 e. The Bertz CT molecular complexity index is 1010. The zero-order valence-electron chi connectivity index (χ0n) is 18.3. The fraction of sp³-hybridized carbons (Fsp3) is 0.636. The minimum absolute atomic E-state index is 0.112. The van der Waals surface area contributed by atoms with Gasteiger partial charge in [0.15, 0.2) is 10.8 Å². The van der Waals surface area contributed by atoms with Crippen LogP contribution in [0.5, 0.6) is 5.88 Å². The molecular weight excluding hydrogens is 432 g/mol. The number of methoxy groups -OCH3 is 1. The lowest BCUT2D eigenvalue weighted by Crippen LogP contribution is -2.33. The molecule has 2 heterocycles. The number of aromatic nitrogens is 3. The van der Waals surface area contributed by atoms with E-state index in [0.29, 0.717) is 30.4 Å². The van der Waals surface area contributed by atoms with Gasteiger partial charge in [0.25, 0.3) is 0 Å². The number of carbonyl (C=O) groups excluding carboxylic acids is 2. The molecule has 2 aliphatic rings. The van der Waals surface area contributed by atoms with Crippen molar-refractivity contribution in [3.05, 3.63) is 27.3 Å². The Balaban J connectivity index is 1.58. The highest BCUT2D eigenvalue weighted by atomic mass is 32.1. The van der Waals surface area contributed by atoms with E-state index in [2.05, 4.69) is 20.0 Å². The molecule has 3 N–H and O–H groups in total. The number of nitrogens with zero attached hydrogens (tertiary/aromatic N) is 2. The van der Waals surface area contributed by atoms with Gasteiger partial charge < -0.3 is 20.1 Å². The van der Waals surface area contributed by atoms with Gasteiger partial charge >= 0.3 is 11.7 Å². The molecule has 0 spiro atoms. The van der Waals surface area contributed by atoms with Crippen molar-refractivity contribution in [1.29, 1.82) is 0 Å². The summed E-state index contributed by atoms with van der Waals surface area (Å²) in [4.78, 5) is 44.6. The van der Waals surface area contributed by atoms with Crippen LogP contribution in [0.25, 0.3) is 0 Å². The van der Waals surface area contributed by atoms with E-state index in [0.717, 1.165) is 49.9 Å². The summed E-state index contributed by atoms with van der Waals surface area (Å²) in [5.41, 5.74) is 0.150. The number of hydrogen-bond acceptors (Lipinski definition) is 7. The number of hydrogen-bond donors (Lipinski definition) is 3. The standard InChI is InChI=1S/C22H30N4O5S/c1-31-20(29)16-12-32-21(23-16)25-18(27)17(11-14-8-4-5-9-14)26-19(28)15(24-22(26)30)10-13-6-2-3-7-13/h12-14,17,28H,2-11H2,1H3,(H,24,30)(H,23,25,27)/t17-/m0/s1. The number of anilines is 1. The molecule has 4 rings (SSSR count). The van der Waals surface area contributed by atoms with Crippen LogP contribution in [0, 0.1) is 11.8 Å². The van der Waals surface area contributed by atoms with Crippen LogP contribution in [0.15, 0.2) is 10.2 Å². The summed E-state index contributed by atoms with van der Waals surface area (Å²) in [5, 5.41) is 15.4. The first-order valence-corrected chi connectivity index (χ1v) is 12.2. The lowest BCUT2D eigenvalue weighted by atomic mass is 9.97. The van der Waals surface area contributed by atoms with Crippen molar-refractivity contribution in [2.24, 2.45) is 11.8 Å². The molecule has 2 fully saturated rings. The number of H-pyrrole nitrogens is 1. The van der Waals surface area contributed by atoms with Crippen molar-refractivity contribution in [1.82, 2.24) is 14.5 Å². The van der Waals surface area contributed by atoms with E-state index in [9.17, 15) is 19.5 Å². The van der Waals surface area contributed by atoms with Gasteiger partial charge in [0.2, 0.25) is 11.8 Å². The Morgan fingerprint density at radius 2 is 1.91 bits per heavy atom. The van der Waals surface area contributed by atoms with E-state index < -0.39 is 23.6 Å². The van der Waals surface area contributed by atoms with Crippen molar-refractivity contribution >= 4 is 28.3 Å². The quantitative estimate of drug-likeness (QED) is 0.515. The van der Waals surface area contributed by atoms with Gasteiger partial charge in [0, 0.05) is 5.38 Å². The highest BCUT2D eigenvalue weighted by molar-refractivity contribution is 7.14. The summed E-state index contributed by atoms with van der Waals surface area (Å²) < 4.78 is 5.86. The number of imidazole rings is 1. The molecular formula is C22H30N4O5S. The maximum Gasteiger partial charge on any atom is 0.357 e. The molecule has 2 aromatic rings. The van der Waals surface area contributed by atoms with Crippen LogP contribution in [0.1, 0.15) is 80.0 Å². The second kappa shape index (κ2) is 9.89. The summed E-state index contributed by atoms with van der Waals surface area (Å²) >= 11 is 1.11. The molecule has 2 aromatic heterocycles. The Morgan fingerprint density at radius 1 is 1.25 bits per heavy atom. The molecule has 0 aliphatic heterocycles. The zero-order valence-corrected chi connectivity index (χ0v) is 19.1. The first-order chi connectivity index (χ1) is 15.5. The highest BCUT2D eigenvalue weighted by Gasteiger charge is 2.32. The Morgan fingerprint density at radius 3 is 2.56 bits per heavy atom. The number of rotatable bonds is 8. The van der Waals surface area contributed by atoms with Gasteiger partial charge in [0.05, 0.1) is 12.8 Å². The number of thiazole rings is 1. The molecule has 174 valence electrons. The van der Waals surface area contributed by atoms with Crippen molar-refractivity contribution in [3.63, 3.8) is 0 Å². The first kappa shape index (κ1) is 22.6. The normalized spacial score (nSPS) is 18.2. The molecule has 1 atom stereocenters. The third-order valence-corrected chi connectivity index (χ3v) is 7.47. The molecule has 0 radical (unpaired) electrons. The minimum Gasteiger partial charge on any atom is -0.493 e. The van der Waals surface area contributed by atoms with E-state index in [1.54, 1.807) is 0 Å². The van der Waals surface area contributed by atoms with Crippen molar-refractivity contribution in [2.75, 3.05) is 12.4 Å². The van der Waals surface area contributed by atoms with Gasteiger partial charge in [-0.25, -0.2) is 14.6 Å². The van der Waals surface area contributed by atoms with Crippen molar-refractivity contribution in [3.8, 4) is 5.88 Å². The lowest BCUT2D eigenvalue weighted by Gasteiger charge is -2.21. The average molecular weight is 463 g/mol. The summed E-state index contributed by atoms with van der Waals surface area (Å²) in [7, 11) is 1.27. The molecule has 1 amide bonds. The van der Waals surface area contributed by atoms with E-state index >= 15 is 0 Å². The molecule has 2 aliphatic carbocycles. The second-order valence-corrected chi connectivity index (χ2v) is 9.74. The Kier molecular flexibility index (Phi) is 6.98. The smallest absolute Gasteiger partial charge is 0.357 e. The lowest BCUT2D eigenvalue weighted by molar-refractivity contribution is -0.120. The number of esters is 1. The third kappa shape index (κ3) is 4.90. The molecule has 0 bridgehead atoms. The van der Waals surface area contributed by atoms with E-state index in [1.165, 1.54) is 29.9 Å². The van der Waals surface area contributed by atoms with E-state index in [4.69, 9.17) is 0 Å². The van der Waals surface area contributed by atoms with E-state index in [1.807, 2.05) is 0 Å². The van der Waals surface area contributed by atoms with Gasteiger partial charge in [-0.15, -0.1) is 11.3 Å². The van der Waals surface area contributed by atoms with Crippen LogP contribution < -0.4 is 11.0 Å². The fourth-order valence-electron chi connectivity index (χ4n) is 5.03. The van der Waals surface area contributed by atoms with E-state index in [-0.39, 0.29) is 16.7 Å². The summed E-state index contributed by atoms with van der Waals surface area (Å²) in [5.74, 6) is -0.394. The van der Waals surface area contributed by atoms with Crippen LogP contribution >= 0.6 is 11.3 Å². The number of carbonyl (C=O) groups is 2. The summed E-state index contributed by atoms with van der Waals surface area (Å²) in [6.07, 6.45) is 9.82. The second-order valence-electron chi connectivity index (χ2n) is 8.88. The highest BCUT2D eigenvalue weighted by Crippen LogP contribution is 2.35. The van der Waals surface area contributed by atoms with Crippen LogP contribution in [0.4, 0.5) is 5.13 Å². The number of aromatic amines is 1. The molecule has 0 aromatic carbocycles. The molecule has 0 saturated heterocycles. The Labute approximate surface area is 190 Å². The summed E-state index contributed by atoms with van der Waals surface area (Å²) in [6.45, 7) is 0. The molecule has 10 heteroatoms. The number of amides is 1. The van der Waals surface area contributed by atoms with Crippen LogP contribution in [0.3, 0.4) is 0 Å². The molecule has 9 nitrogen and oxygen atoms in total. The van der Waals surface area contributed by atoms with Gasteiger partial charge in [-0.3, -0.25) is 9.36 Å². The SMILES string of the molecule is COC(=O)c1csc(NC(=O)[C@H](CC2CCCC2)n2c(O)c(CC3CCCC3)[nH]c2=O)n1. The fourth-order valence-corrected chi connectivity index (χ4v) is 5.71. The van der Waals surface area contributed by atoms with Crippen LogP contribution in [-0.4, -0.2) is 38.6 Å². The van der Waals surface area contributed by atoms with Crippen LogP contribution in [-0.2, 0) is 16.0 Å². The van der Waals surface area contributed by atoms with Gasteiger partial charge in [-0.05, 0) is 24.7 Å². The minimum atomic E-state index is -0.857. The van der Waals surface area contributed by atoms with Crippen molar-refractivity contribution < 1.29 is 19.4 Å². The third-order valence-electron chi connectivity index (χ3n) is 6.72. The van der Waals surface area contributed by atoms with Crippen LogP contribution in [0.2, 0.25) is 0 Å². The molecule has 2 saturated carbocycles. The molecule has 0 unspecified atom stereocenters. The maximum absolute atomic E-state index is 13.3. The predicted octanol–water partition coefficient (Wildman–Crippen LogP) is 3.62. The number of aromatic hydroxyl groups is 1. The molecule has 32 heavy (non-hydrogen) atoms. The number of ether oxygens (including phenoxy) is 1. The predicted molar refractivity (Wildman–Crippen MR) is 120 cm³/mol. The Hall–Kier alpha value is -2.62. The number of nitrogens with one attached hydrogen (secondary N) is 2. The van der Waals surface area contributed by atoms with Gasteiger partial charge in [-0.1, -0.05) is 51.4 Å². The average Bonchev–Trinajstić information content (AvgIpc) is 3.57. The van der Waals surface area contributed by atoms with Crippen molar-refractivity contribution in [2.45, 2.75) is 70.3 Å².